The van der Waals surface area contributed by atoms with Crippen LogP contribution in [-0.2, 0) is 6.42 Å². The topological polar surface area (TPSA) is 30.0 Å². The fourth-order valence-corrected chi connectivity index (χ4v) is 3.08. The molecule has 0 saturated carbocycles. The second-order valence-corrected chi connectivity index (χ2v) is 6.45. The molecule has 0 radical (unpaired) electrons. The van der Waals surface area contributed by atoms with Gasteiger partial charge in [0.2, 0.25) is 0 Å². The Morgan fingerprint density at radius 1 is 0.880 bits per heavy atom. The van der Waals surface area contributed by atoms with Crippen LogP contribution in [0.25, 0.3) is 11.3 Å². The molecule has 0 unspecified atom stereocenters. The summed E-state index contributed by atoms with van der Waals surface area (Å²) in [6.07, 6.45) is 4.21. The summed E-state index contributed by atoms with van der Waals surface area (Å²) in [6, 6.07) is 20.2. The molecule has 0 saturated heterocycles. The molecule has 0 atom stereocenters. The van der Waals surface area contributed by atoms with Crippen LogP contribution >= 0.6 is 0 Å². The highest BCUT2D eigenvalue weighted by molar-refractivity contribution is 5.96. The van der Waals surface area contributed by atoms with Crippen LogP contribution in [0, 0.1) is 13.8 Å². The quantitative estimate of drug-likeness (QED) is 0.553. The molecular formula is C23H23NO. The first-order valence-corrected chi connectivity index (χ1v) is 8.75. The number of hydrogen-bond acceptors (Lipinski definition) is 2. The first kappa shape index (κ1) is 17.1. The third-order valence-corrected chi connectivity index (χ3v) is 4.60. The molecule has 0 bridgehead atoms. The van der Waals surface area contributed by atoms with E-state index in [4.69, 9.17) is 0 Å². The van der Waals surface area contributed by atoms with E-state index in [9.17, 15) is 4.79 Å². The SMILES string of the molecule is Cc1ccccc1CCCC(=O)c1ccc(-c2ncccc2C)cc1. The van der Waals surface area contributed by atoms with E-state index in [0.29, 0.717) is 6.42 Å². The number of rotatable bonds is 6. The Hall–Kier alpha value is -2.74. The Kier molecular flexibility index (Phi) is 5.39. The van der Waals surface area contributed by atoms with Gasteiger partial charge in [-0.1, -0.05) is 54.6 Å². The molecular weight excluding hydrogens is 306 g/mol. The molecule has 3 rings (SSSR count). The van der Waals surface area contributed by atoms with Gasteiger partial charge in [-0.25, -0.2) is 0 Å². The van der Waals surface area contributed by atoms with Crippen LogP contribution in [0.3, 0.4) is 0 Å². The van der Waals surface area contributed by atoms with E-state index in [1.165, 1.54) is 11.1 Å². The summed E-state index contributed by atoms with van der Waals surface area (Å²) in [4.78, 5) is 16.8. The van der Waals surface area contributed by atoms with Gasteiger partial charge in [-0.15, -0.1) is 0 Å². The number of aromatic nitrogens is 1. The number of carbonyl (C=O) groups excluding carboxylic acids is 1. The molecule has 1 aromatic heterocycles. The molecule has 2 aromatic carbocycles. The second kappa shape index (κ2) is 7.89. The minimum Gasteiger partial charge on any atom is -0.294 e. The van der Waals surface area contributed by atoms with Gasteiger partial charge >= 0.3 is 0 Å². The molecule has 0 N–H and O–H groups in total. The molecule has 0 aliphatic rings. The fraction of sp³-hybridized carbons (Fsp3) is 0.217. The van der Waals surface area contributed by atoms with E-state index in [1.807, 2.05) is 43.3 Å². The lowest BCUT2D eigenvalue weighted by molar-refractivity contribution is 0.0980. The number of Topliss-reactive ketones (excluding diaryl/α,β-unsaturated/α-hetero) is 1. The molecule has 25 heavy (non-hydrogen) atoms. The highest BCUT2D eigenvalue weighted by Gasteiger charge is 2.08. The van der Waals surface area contributed by atoms with Gasteiger partial charge in [0.15, 0.2) is 5.78 Å². The van der Waals surface area contributed by atoms with E-state index < -0.39 is 0 Å². The van der Waals surface area contributed by atoms with E-state index in [1.54, 1.807) is 6.20 Å². The molecule has 0 spiro atoms. The summed E-state index contributed by atoms with van der Waals surface area (Å²) in [5, 5.41) is 0. The molecule has 0 aliphatic carbocycles. The molecule has 0 amide bonds. The first-order chi connectivity index (χ1) is 12.1. The van der Waals surface area contributed by atoms with Gasteiger partial charge in [0.05, 0.1) is 5.69 Å². The summed E-state index contributed by atoms with van der Waals surface area (Å²) < 4.78 is 0. The number of carbonyl (C=O) groups is 1. The summed E-state index contributed by atoms with van der Waals surface area (Å²) >= 11 is 0. The number of aryl methyl sites for hydroxylation is 3. The van der Waals surface area contributed by atoms with Crippen LogP contribution in [0.1, 0.15) is 39.9 Å². The molecule has 126 valence electrons. The lowest BCUT2D eigenvalue weighted by Crippen LogP contribution is -2.00. The largest absolute Gasteiger partial charge is 0.294 e. The van der Waals surface area contributed by atoms with Crippen LogP contribution in [0.2, 0.25) is 0 Å². The molecule has 3 aromatic rings. The Morgan fingerprint density at radius 2 is 1.60 bits per heavy atom. The Balaban J connectivity index is 1.61. The monoisotopic (exact) mass is 329 g/mol. The predicted octanol–water partition coefficient (Wildman–Crippen LogP) is 5.57. The smallest absolute Gasteiger partial charge is 0.162 e. The predicted molar refractivity (Wildman–Crippen MR) is 103 cm³/mol. The van der Waals surface area contributed by atoms with Gasteiger partial charge in [0.1, 0.15) is 0 Å². The lowest BCUT2D eigenvalue weighted by atomic mass is 9.98. The maximum absolute atomic E-state index is 12.4. The highest BCUT2D eigenvalue weighted by Crippen LogP contribution is 2.21. The lowest BCUT2D eigenvalue weighted by Gasteiger charge is -2.07. The van der Waals surface area contributed by atoms with Crippen molar-refractivity contribution in [2.75, 3.05) is 0 Å². The van der Waals surface area contributed by atoms with Gasteiger partial charge < -0.3 is 0 Å². The van der Waals surface area contributed by atoms with Gasteiger partial charge in [-0.2, -0.15) is 0 Å². The maximum Gasteiger partial charge on any atom is 0.162 e. The van der Waals surface area contributed by atoms with Crippen molar-refractivity contribution >= 4 is 5.78 Å². The summed E-state index contributed by atoms with van der Waals surface area (Å²) in [5.41, 5.74) is 6.57. The van der Waals surface area contributed by atoms with E-state index >= 15 is 0 Å². The van der Waals surface area contributed by atoms with Crippen molar-refractivity contribution in [2.24, 2.45) is 0 Å². The molecule has 2 nitrogen and oxygen atoms in total. The van der Waals surface area contributed by atoms with Crippen molar-refractivity contribution in [3.05, 3.63) is 89.1 Å². The van der Waals surface area contributed by atoms with Crippen LogP contribution in [0.4, 0.5) is 0 Å². The van der Waals surface area contributed by atoms with Gasteiger partial charge in [0, 0.05) is 23.7 Å². The highest BCUT2D eigenvalue weighted by atomic mass is 16.1. The number of pyridine rings is 1. The zero-order chi connectivity index (χ0) is 17.6. The number of nitrogens with zero attached hydrogens (tertiary/aromatic N) is 1. The van der Waals surface area contributed by atoms with Crippen molar-refractivity contribution in [3.63, 3.8) is 0 Å². The minimum atomic E-state index is 0.206. The third-order valence-electron chi connectivity index (χ3n) is 4.60. The molecule has 2 heteroatoms. The third kappa shape index (κ3) is 4.21. The zero-order valence-electron chi connectivity index (χ0n) is 14.8. The van der Waals surface area contributed by atoms with Crippen LogP contribution in [-0.4, -0.2) is 10.8 Å². The van der Waals surface area contributed by atoms with Crippen molar-refractivity contribution in [3.8, 4) is 11.3 Å². The van der Waals surface area contributed by atoms with Crippen LogP contribution in [0.5, 0.6) is 0 Å². The number of ketones is 1. The Bertz CT molecular complexity index is 865. The van der Waals surface area contributed by atoms with Crippen molar-refractivity contribution < 1.29 is 4.79 Å². The maximum atomic E-state index is 12.4. The van der Waals surface area contributed by atoms with E-state index in [2.05, 4.69) is 36.2 Å². The average molecular weight is 329 g/mol. The van der Waals surface area contributed by atoms with Crippen LogP contribution in [0.15, 0.2) is 66.9 Å². The minimum absolute atomic E-state index is 0.206. The van der Waals surface area contributed by atoms with Gasteiger partial charge in [-0.3, -0.25) is 9.78 Å². The zero-order valence-corrected chi connectivity index (χ0v) is 14.8. The summed E-state index contributed by atoms with van der Waals surface area (Å²) in [5.74, 6) is 0.206. The van der Waals surface area contributed by atoms with Crippen LogP contribution < -0.4 is 0 Å². The Morgan fingerprint density at radius 3 is 2.32 bits per heavy atom. The average Bonchev–Trinajstić information content (AvgIpc) is 2.64. The summed E-state index contributed by atoms with van der Waals surface area (Å²) in [6.45, 7) is 4.17. The molecule has 0 aliphatic heterocycles. The first-order valence-electron chi connectivity index (χ1n) is 8.75. The molecule has 0 fully saturated rings. The van der Waals surface area contributed by atoms with Gasteiger partial charge in [0.25, 0.3) is 0 Å². The molecule has 1 heterocycles. The van der Waals surface area contributed by atoms with Gasteiger partial charge in [-0.05, 0) is 49.4 Å². The number of hydrogen-bond donors (Lipinski definition) is 0. The van der Waals surface area contributed by atoms with E-state index in [-0.39, 0.29) is 5.78 Å². The normalized spacial score (nSPS) is 10.6. The standard InChI is InChI=1S/C23H23NO/c1-17-7-3-4-9-19(17)10-5-11-22(25)20-12-14-21(15-13-20)23-18(2)8-6-16-24-23/h3-4,6-9,12-16H,5,10-11H2,1-2H3. The van der Waals surface area contributed by atoms with Crippen molar-refractivity contribution in [2.45, 2.75) is 33.1 Å². The van der Waals surface area contributed by atoms with Crippen molar-refractivity contribution in [1.82, 2.24) is 4.98 Å². The second-order valence-electron chi connectivity index (χ2n) is 6.45. The Labute approximate surface area is 149 Å². The summed E-state index contributed by atoms with van der Waals surface area (Å²) in [7, 11) is 0. The number of benzene rings is 2. The van der Waals surface area contributed by atoms with Crippen molar-refractivity contribution in [1.29, 1.82) is 0 Å². The fourth-order valence-electron chi connectivity index (χ4n) is 3.08. The van der Waals surface area contributed by atoms with E-state index in [0.717, 1.165) is 35.2 Å².